The molecule has 260 valence electrons. The molecule has 0 bridgehead atoms. The second-order valence-electron chi connectivity index (χ2n) is 11.3. The number of hydrogen-bond acceptors (Lipinski definition) is 11. The molecule has 1 aromatic heterocycles. The Kier molecular flexibility index (Phi) is 15.6. The smallest absolute Gasteiger partial charge is 0.407 e. The molecule has 3 aromatic rings. The first-order valence-electron chi connectivity index (χ1n) is 15.3. The number of methoxy groups -OCH3 is 2. The van der Waals surface area contributed by atoms with Gasteiger partial charge in [-0.25, -0.2) is 14.6 Å². The van der Waals surface area contributed by atoms with Crippen LogP contribution in [0.4, 0.5) is 9.59 Å². The number of thioether (sulfide) groups is 1. The van der Waals surface area contributed by atoms with Gasteiger partial charge in [0.25, 0.3) is 5.91 Å². The fraction of sp³-hybridized carbons (Fsp3) is 0.424. The molecule has 4 atom stereocenters. The Bertz CT molecular complexity index is 1440. The summed E-state index contributed by atoms with van der Waals surface area (Å²) in [5.74, 6) is -1.00. The van der Waals surface area contributed by atoms with Crippen LogP contribution in [0, 0.1) is 5.92 Å². The maximum atomic E-state index is 13.5. The van der Waals surface area contributed by atoms with Gasteiger partial charge >= 0.3 is 12.2 Å². The minimum absolute atomic E-state index is 0.0961. The standard InChI is InChI=1S/C33H44N6O7S2/c1-21(2)29(37-33(44)46-4)31(42)35-25(15-22-9-7-6-8-10-22)27(40)18-39(38-30(41)26(19-47-5)36-32(43)45-3)17-23-11-13-24(14-12-23)28-16-34-20-48-28/h6-14,16,20-21,25-27,29,40H,15,17-19H2,1-5H3,(H,35,42)(H,36,43)(H,37,44)(H,38,41)/t25-,26-,27-,29-/m0/s1. The quantitative estimate of drug-likeness (QED) is 0.132. The van der Waals surface area contributed by atoms with Gasteiger partial charge in [-0.15, -0.1) is 11.3 Å². The molecule has 0 saturated heterocycles. The number of hydrogen-bond donors (Lipinski definition) is 5. The minimum Gasteiger partial charge on any atom is -0.453 e. The van der Waals surface area contributed by atoms with Crippen molar-refractivity contribution >= 4 is 47.1 Å². The molecule has 48 heavy (non-hydrogen) atoms. The predicted octanol–water partition coefficient (Wildman–Crippen LogP) is 3.20. The number of aliphatic hydroxyl groups excluding tert-OH is 1. The third-order valence-corrected chi connectivity index (χ3v) is 8.83. The molecule has 0 aliphatic carbocycles. The second-order valence-corrected chi connectivity index (χ2v) is 13.1. The van der Waals surface area contributed by atoms with E-state index >= 15 is 0 Å². The largest absolute Gasteiger partial charge is 0.453 e. The number of alkyl carbamates (subject to hydrolysis) is 2. The number of nitrogens with one attached hydrogen (secondary N) is 4. The molecule has 0 aliphatic rings. The molecule has 0 unspecified atom stereocenters. The lowest BCUT2D eigenvalue weighted by molar-refractivity contribution is -0.129. The van der Waals surface area contributed by atoms with E-state index in [-0.39, 0.29) is 31.2 Å². The van der Waals surface area contributed by atoms with Crippen molar-refractivity contribution in [2.45, 2.75) is 51.0 Å². The summed E-state index contributed by atoms with van der Waals surface area (Å²) in [6, 6.07) is 14.4. The molecule has 5 N–H and O–H groups in total. The normalized spacial score (nSPS) is 13.6. The number of hydrazine groups is 1. The molecule has 0 fully saturated rings. The van der Waals surface area contributed by atoms with E-state index in [1.807, 2.05) is 60.9 Å². The number of thiazole rings is 1. The first-order chi connectivity index (χ1) is 23.0. The fourth-order valence-corrected chi connectivity index (χ4v) is 5.98. The van der Waals surface area contributed by atoms with E-state index < -0.39 is 48.2 Å². The number of aliphatic hydroxyl groups is 1. The van der Waals surface area contributed by atoms with Gasteiger partial charge in [-0.1, -0.05) is 68.4 Å². The van der Waals surface area contributed by atoms with Crippen molar-refractivity contribution in [1.82, 2.24) is 31.4 Å². The van der Waals surface area contributed by atoms with Crippen molar-refractivity contribution in [3.05, 3.63) is 77.4 Å². The molecule has 0 spiro atoms. The Hall–Kier alpha value is -4.18. The Labute approximate surface area is 289 Å². The van der Waals surface area contributed by atoms with Gasteiger partial charge in [0.2, 0.25) is 5.91 Å². The first kappa shape index (κ1) is 38.3. The number of aromatic nitrogens is 1. The van der Waals surface area contributed by atoms with Gasteiger partial charge in [0, 0.05) is 25.0 Å². The average molecular weight is 701 g/mol. The number of carbonyl (C=O) groups is 4. The summed E-state index contributed by atoms with van der Waals surface area (Å²) in [5.41, 5.74) is 7.30. The van der Waals surface area contributed by atoms with Gasteiger partial charge in [0.1, 0.15) is 12.1 Å². The molecule has 2 aromatic carbocycles. The molecular weight excluding hydrogens is 657 g/mol. The van der Waals surface area contributed by atoms with Gasteiger partial charge in [0.15, 0.2) is 0 Å². The van der Waals surface area contributed by atoms with Crippen molar-refractivity contribution in [1.29, 1.82) is 0 Å². The zero-order chi connectivity index (χ0) is 35.1. The summed E-state index contributed by atoms with van der Waals surface area (Å²) >= 11 is 2.89. The van der Waals surface area contributed by atoms with Crippen molar-refractivity contribution < 1.29 is 33.8 Å². The molecule has 1 heterocycles. The van der Waals surface area contributed by atoms with E-state index in [1.54, 1.807) is 30.6 Å². The highest BCUT2D eigenvalue weighted by molar-refractivity contribution is 7.98. The van der Waals surface area contributed by atoms with Crippen LogP contribution in [-0.2, 0) is 32.0 Å². The summed E-state index contributed by atoms with van der Waals surface area (Å²) in [4.78, 5) is 56.1. The highest BCUT2D eigenvalue weighted by atomic mass is 32.2. The molecule has 0 radical (unpaired) electrons. The Morgan fingerprint density at radius 2 is 1.58 bits per heavy atom. The molecule has 13 nitrogen and oxygen atoms in total. The number of amides is 4. The number of benzene rings is 2. The van der Waals surface area contributed by atoms with Crippen molar-refractivity contribution in [3.63, 3.8) is 0 Å². The van der Waals surface area contributed by atoms with Gasteiger partial charge < -0.3 is 30.5 Å². The third-order valence-electron chi connectivity index (χ3n) is 7.35. The number of ether oxygens (including phenoxy) is 2. The number of nitrogens with zero attached hydrogens (tertiary/aromatic N) is 2. The van der Waals surface area contributed by atoms with E-state index in [2.05, 4.69) is 26.4 Å². The van der Waals surface area contributed by atoms with Gasteiger partial charge in [-0.3, -0.25) is 20.0 Å². The van der Waals surface area contributed by atoms with E-state index in [4.69, 9.17) is 9.47 Å². The van der Waals surface area contributed by atoms with Gasteiger partial charge in [-0.05, 0) is 35.3 Å². The predicted molar refractivity (Wildman–Crippen MR) is 186 cm³/mol. The zero-order valence-corrected chi connectivity index (χ0v) is 29.3. The Balaban J connectivity index is 1.89. The van der Waals surface area contributed by atoms with Crippen LogP contribution in [0.5, 0.6) is 0 Å². The van der Waals surface area contributed by atoms with Crippen LogP contribution in [-0.4, -0.2) is 96.1 Å². The monoisotopic (exact) mass is 700 g/mol. The molecular formula is C33H44N6O7S2. The summed E-state index contributed by atoms with van der Waals surface area (Å²) < 4.78 is 9.41. The molecule has 3 rings (SSSR count). The maximum Gasteiger partial charge on any atom is 0.407 e. The van der Waals surface area contributed by atoms with E-state index in [9.17, 15) is 24.3 Å². The molecule has 0 saturated carbocycles. The maximum absolute atomic E-state index is 13.5. The van der Waals surface area contributed by atoms with Crippen LogP contribution >= 0.6 is 23.1 Å². The molecule has 0 aliphatic heterocycles. The van der Waals surface area contributed by atoms with Crippen molar-refractivity contribution in [2.75, 3.05) is 32.8 Å². The lowest BCUT2D eigenvalue weighted by Crippen LogP contribution is -2.59. The van der Waals surface area contributed by atoms with Gasteiger partial charge in [0.05, 0.1) is 36.8 Å². The second kappa shape index (κ2) is 19.6. The van der Waals surface area contributed by atoms with Crippen LogP contribution in [0.1, 0.15) is 25.0 Å². The van der Waals surface area contributed by atoms with Crippen LogP contribution in [0.25, 0.3) is 10.4 Å². The lowest BCUT2D eigenvalue weighted by atomic mass is 9.98. The Morgan fingerprint density at radius 3 is 2.17 bits per heavy atom. The summed E-state index contributed by atoms with van der Waals surface area (Å²) in [5, 5.41) is 21.3. The third kappa shape index (κ3) is 12.1. The van der Waals surface area contributed by atoms with E-state index in [0.29, 0.717) is 0 Å². The summed E-state index contributed by atoms with van der Waals surface area (Å²) in [7, 11) is 2.43. The SMILES string of the molecule is COC(=O)N[C@@H](CSC)C(=O)NN(Cc1ccc(-c2cncs2)cc1)C[C@H](O)[C@H](Cc1ccccc1)NC(=O)[C@@H](NC(=O)OC)C(C)C. The lowest BCUT2D eigenvalue weighted by Gasteiger charge is -2.32. The van der Waals surface area contributed by atoms with Crippen LogP contribution in [0.15, 0.2) is 66.3 Å². The van der Waals surface area contributed by atoms with E-state index in [1.165, 1.54) is 37.3 Å². The van der Waals surface area contributed by atoms with Crippen LogP contribution < -0.4 is 21.4 Å². The molecule has 4 amide bonds. The Morgan fingerprint density at radius 1 is 0.917 bits per heavy atom. The van der Waals surface area contributed by atoms with Crippen LogP contribution in [0.2, 0.25) is 0 Å². The highest BCUT2D eigenvalue weighted by Gasteiger charge is 2.31. The summed E-state index contributed by atoms with van der Waals surface area (Å²) in [6.07, 6.45) is 1.17. The topological polar surface area (TPSA) is 171 Å². The summed E-state index contributed by atoms with van der Waals surface area (Å²) in [6.45, 7) is 3.67. The average Bonchev–Trinajstić information content (AvgIpc) is 3.62. The molecule has 15 heteroatoms. The van der Waals surface area contributed by atoms with E-state index in [0.717, 1.165) is 21.6 Å². The minimum atomic E-state index is -1.19. The highest BCUT2D eigenvalue weighted by Crippen LogP contribution is 2.23. The number of carbonyl (C=O) groups excluding carboxylic acids is 4. The van der Waals surface area contributed by atoms with Crippen molar-refractivity contribution in [2.24, 2.45) is 5.92 Å². The fourth-order valence-electron chi connectivity index (χ4n) is 4.79. The van der Waals surface area contributed by atoms with Crippen molar-refractivity contribution in [3.8, 4) is 10.4 Å². The van der Waals surface area contributed by atoms with Gasteiger partial charge in [-0.2, -0.15) is 11.8 Å². The zero-order valence-electron chi connectivity index (χ0n) is 27.7. The first-order valence-corrected chi connectivity index (χ1v) is 17.5. The number of rotatable bonds is 17. The van der Waals surface area contributed by atoms with Crippen LogP contribution in [0.3, 0.4) is 0 Å².